The summed E-state index contributed by atoms with van der Waals surface area (Å²) in [6, 6.07) is 0. The lowest BCUT2D eigenvalue weighted by Gasteiger charge is -2.13. The van der Waals surface area contributed by atoms with E-state index in [1.165, 1.54) is 0 Å². The highest BCUT2D eigenvalue weighted by Gasteiger charge is 2.37. The molecule has 0 amide bonds. The molecule has 0 N–H and O–H groups in total. The second-order valence-corrected chi connectivity index (χ2v) is 4.16. The Labute approximate surface area is 96.3 Å². The summed E-state index contributed by atoms with van der Waals surface area (Å²) in [6.45, 7) is 2.84. The molecule has 2 nitrogen and oxygen atoms in total. The molecule has 0 radical (unpaired) electrons. The zero-order valence-electron chi connectivity index (χ0n) is 8.65. The smallest absolute Gasteiger partial charge is 0.379 e. The molecule has 0 bridgehead atoms. The van der Waals surface area contributed by atoms with Gasteiger partial charge >= 0.3 is 6.18 Å². The van der Waals surface area contributed by atoms with E-state index in [-0.39, 0.29) is 13.2 Å². The van der Waals surface area contributed by atoms with Gasteiger partial charge in [0.15, 0.2) is 0 Å². The van der Waals surface area contributed by atoms with Gasteiger partial charge in [-0.05, 0) is 6.42 Å². The van der Waals surface area contributed by atoms with Crippen molar-refractivity contribution in [1.29, 1.82) is 0 Å². The average Bonchev–Trinajstić information content (AvgIpc) is 2.14. The third kappa shape index (κ3) is 9.14. The first-order valence-corrected chi connectivity index (χ1v) is 5.76. The normalized spacial score (nSPS) is 14.2. The van der Waals surface area contributed by atoms with E-state index in [1.807, 2.05) is 6.92 Å². The largest absolute Gasteiger partial charge is 0.403 e. The van der Waals surface area contributed by atoms with Crippen LogP contribution in [0.5, 0.6) is 0 Å². The Morgan fingerprint density at radius 3 is 2.27 bits per heavy atom. The summed E-state index contributed by atoms with van der Waals surface area (Å²) in [5, 5.41) is 0. The van der Waals surface area contributed by atoms with Gasteiger partial charge in [0.1, 0.15) is 4.83 Å². The van der Waals surface area contributed by atoms with E-state index in [4.69, 9.17) is 9.47 Å². The van der Waals surface area contributed by atoms with Gasteiger partial charge in [0.05, 0.1) is 19.8 Å². The maximum Gasteiger partial charge on any atom is 0.403 e. The standard InChI is InChI=1S/C9H16BrF3O2/c1-2-3-4-14-5-6-15-7-8(10)9(11,12)13/h8H,2-7H2,1H3. The summed E-state index contributed by atoms with van der Waals surface area (Å²) in [4.78, 5) is -1.60. The van der Waals surface area contributed by atoms with Crippen molar-refractivity contribution in [1.82, 2.24) is 0 Å². The Hall–Kier alpha value is 0.190. The first kappa shape index (κ1) is 15.2. The van der Waals surface area contributed by atoms with Crippen LogP contribution < -0.4 is 0 Å². The zero-order valence-corrected chi connectivity index (χ0v) is 10.2. The minimum atomic E-state index is -4.25. The molecule has 0 saturated carbocycles. The van der Waals surface area contributed by atoms with Crippen molar-refractivity contribution < 1.29 is 22.6 Å². The molecule has 0 spiro atoms. The van der Waals surface area contributed by atoms with Crippen molar-refractivity contribution in [3.05, 3.63) is 0 Å². The van der Waals surface area contributed by atoms with Crippen molar-refractivity contribution in [2.24, 2.45) is 0 Å². The molecule has 0 aliphatic heterocycles. The van der Waals surface area contributed by atoms with E-state index >= 15 is 0 Å². The number of ether oxygens (including phenoxy) is 2. The highest BCUT2D eigenvalue weighted by Crippen LogP contribution is 2.26. The fourth-order valence-electron chi connectivity index (χ4n) is 0.748. The summed E-state index contributed by atoms with van der Waals surface area (Å²) in [5.74, 6) is 0. The van der Waals surface area contributed by atoms with Crippen LogP contribution in [0.1, 0.15) is 19.8 Å². The van der Waals surface area contributed by atoms with E-state index in [9.17, 15) is 13.2 Å². The van der Waals surface area contributed by atoms with Gasteiger partial charge in [0, 0.05) is 6.61 Å². The molecule has 92 valence electrons. The Bertz CT molecular complexity index is 153. The van der Waals surface area contributed by atoms with Crippen LogP contribution in [-0.4, -0.2) is 37.4 Å². The van der Waals surface area contributed by atoms with Crippen molar-refractivity contribution in [2.45, 2.75) is 30.8 Å². The minimum absolute atomic E-state index is 0.196. The predicted octanol–water partition coefficient (Wildman–Crippen LogP) is 3.15. The van der Waals surface area contributed by atoms with Crippen LogP contribution in [0, 0.1) is 0 Å². The van der Waals surface area contributed by atoms with Crippen LogP contribution in [0.2, 0.25) is 0 Å². The molecule has 6 heteroatoms. The summed E-state index contributed by atoms with van der Waals surface area (Å²) >= 11 is 2.50. The lowest BCUT2D eigenvalue weighted by Crippen LogP contribution is -2.28. The van der Waals surface area contributed by atoms with Gasteiger partial charge in [-0.25, -0.2) is 0 Å². The molecular weight excluding hydrogens is 277 g/mol. The van der Waals surface area contributed by atoms with E-state index in [0.717, 1.165) is 12.8 Å². The van der Waals surface area contributed by atoms with E-state index in [2.05, 4.69) is 15.9 Å². The third-order valence-electron chi connectivity index (χ3n) is 1.63. The fraction of sp³-hybridized carbons (Fsp3) is 1.00. The summed E-state index contributed by atoms with van der Waals surface area (Å²) < 4.78 is 45.8. The van der Waals surface area contributed by atoms with Gasteiger partial charge in [-0.15, -0.1) is 0 Å². The number of hydrogen-bond acceptors (Lipinski definition) is 2. The minimum Gasteiger partial charge on any atom is -0.379 e. The van der Waals surface area contributed by atoms with Crippen LogP contribution in [0.3, 0.4) is 0 Å². The van der Waals surface area contributed by atoms with Crippen LogP contribution >= 0.6 is 15.9 Å². The Morgan fingerprint density at radius 1 is 1.13 bits per heavy atom. The van der Waals surface area contributed by atoms with Crippen LogP contribution in [-0.2, 0) is 9.47 Å². The molecule has 15 heavy (non-hydrogen) atoms. The van der Waals surface area contributed by atoms with Gasteiger partial charge in [-0.3, -0.25) is 0 Å². The Kier molecular flexibility index (Phi) is 8.46. The molecule has 0 heterocycles. The topological polar surface area (TPSA) is 18.5 Å². The number of alkyl halides is 4. The summed E-state index contributed by atoms with van der Waals surface area (Å²) in [6.07, 6.45) is -2.24. The van der Waals surface area contributed by atoms with Gasteiger partial charge in [0.2, 0.25) is 0 Å². The lowest BCUT2D eigenvalue weighted by atomic mass is 10.4. The van der Waals surface area contributed by atoms with Crippen LogP contribution in [0.25, 0.3) is 0 Å². The molecular formula is C9H16BrF3O2. The average molecular weight is 293 g/mol. The SMILES string of the molecule is CCCCOCCOCC(Br)C(F)(F)F. The number of rotatable bonds is 8. The molecule has 0 aromatic carbocycles. The van der Waals surface area contributed by atoms with Gasteiger partial charge in [0.25, 0.3) is 0 Å². The molecule has 0 aliphatic carbocycles. The quantitative estimate of drug-likeness (QED) is 0.505. The first-order valence-electron chi connectivity index (χ1n) is 4.84. The molecule has 0 saturated heterocycles. The number of halogens is 4. The van der Waals surface area contributed by atoms with Crippen molar-refractivity contribution in [3.63, 3.8) is 0 Å². The second-order valence-electron chi connectivity index (χ2n) is 3.05. The monoisotopic (exact) mass is 292 g/mol. The summed E-state index contributed by atoms with van der Waals surface area (Å²) in [7, 11) is 0. The van der Waals surface area contributed by atoms with Gasteiger partial charge < -0.3 is 9.47 Å². The van der Waals surface area contributed by atoms with E-state index < -0.39 is 11.0 Å². The molecule has 0 rings (SSSR count). The van der Waals surface area contributed by atoms with Gasteiger partial charge in [-0.1, -0.05) is 29.3 Å². The molecule has 1 unspecified atom stereocenters. The van der Waals surface area contributed by atoms with Crippen LogP contribution in [0.15, 0.2) is 0 Å². The lowest BCUT2D eigenvalue weighted by molar-refractivity contribution is -0.138. The second kappa shape index (κ2) is 8.35. The fourth-order valence-corrected chi connectivity index (χ4v) is 0.935. The highest BCUT2D eigenvalue weighted by atomic mass is 79.9. The maximum atomic E-state index is 12.0. The van der Waals surface area contributed by atoms with E-state index in [1.54, 1.807) is 0 Å². The molecule has 0 aromatic rings. The Morgan fingerprint density at radius 2 is 1.73 bits per heavy atom. The first-order chi connectivity index (χ1) is 6.98. The number of hydrogen-bond donors (Lipinski definition) is 0. The number of unbranched alkanes of at least 4 members (excludes halogenated alkanes) is 1. The van der Waals surface area contributed by atoms with Gasteiger partial charge in [-0.2, -0.15) is 13.2 Å². The maximum absolute atomic E-state index is 12.0. The molecule has 0 aromatic heterocycles. The highest BCUT2D eigenvalue weighted by molar-refractivity contribution is 9.09. The Balaban J connectivity index is 3.24. The summed E-state index contributed by atoms with van der Waals surface area (Å²) in [5.41, 5.74) is 0. The predicted molar refractivity (Wildman–Crippen MR) is 55.3 cm³/mol. The third-order valence-corrected chi connectivity index (χ3v) is 2.42. The molecule has 1 atom stereocenters. The zero-order chi connectivity index (χ0) is 11.7. The van der Waals surface area contributed by atoms with E-state index in [0.29, 0.717) is 13.2 Å². The molecule has 0 aliphatic rings. The van der Waals surface area contributed by atoms with Crippen molar-refractivity contribution >= 4 is 15.9 Å². The van der Waals surface area contributed by atoms with Crippen molar-refractivity contribution in [3.8, 4) is 0 Å². The molecule has 0 fully saturated rings. The van der Waals surface area contributed by atoms with Crippen molar-refractivity contribution in [2.75, 3.05) is 26.4 Å². The van der Waals surface area contributed by atoms with Crippen LogP contribution in [0.4, 0.5) is 13.2 Å².